The zero-order valence-corrected chi connectivity index (χ0v) is 13.1. The molecule has 0 aromatic carbocycles. The molecule has 2 nitrogen and oxygen atoms in total. The highest BCUT2D eigenvalue weighted by molar-refractivity contribution is 7.86. The van der Waals surface area contributed by atoms with Gasteiger partial charge in [0.05, 0.1) is 5.25 Å². The van der Waals surface area contributed by atoms with Crippen molar-refractivity contribution in [3.05, 3.63) is 0 Å². The average Bonchev–Trinajstić information content (AvgIpc) is 2.25. The van der Waals surface area contributed by atoms with Crippen molar-refractivity contribution in [2.45, 2.75) is 70.4 Å². The second-order valence-electron chi connectivity index (χ2n) is 6.62. The summed E-state index contributed by atoms with van der Waals surface area (Å²) in [5, 5.41) is 3.99. The molecule has 102 valence electrons. The highest BCUT2D eigenvalue weighted by atomic mass is 32.2. The first-order chi connectivity index (χ1) is 7.78. The molecule has 0 heterocycles. The van der Waals surface area contributed by atoms with E-state index in [1.165, 1.54) is 6.42 Å². The van der Waals surface area contributed by atoms with Gasteiger partial charge < -0.3 is 5.32 Å². The van der Waals surface area contributed by atoms with Crippen LogP contribution >= 0.6 is 0 Å². The van der Waals surface area contributed by atoms with Gasteiger partial charge in [-0.05, 0) is 37.6 Å². The molecule has 1 rings (SSSR count). The third-order valence-electron chi connectivity index (χ3n) is 4.31. The first-order valence-corrected chi connectivity index (χ1v) is 8.13. The van der Waals surface area contributed by atoms with Crippen LogP contribution in [0.3, 0.4) is 0 Å². The van der Waals surface area contributed by atoms with Gasteiger partial charge in [-0.3, -0.25) is 4.21 Å². The van der Waals surface area contributed by atoms with Crippen LogP contribution in [0.25, 0.3) is 0 Å². The average molecular weight is 259 g/mol. The maximum Gasteiger partial charge on any atom is 0.0509 e. The molecule has 1 aliphatic rings. The number of rotatable bonds is 4. The Balaban J connectivity index is 2.80. The molecular weight excluding hydrogens is 230 g/mol. The molecule has 0 spiro atoms. The molecule has 0 aliphatic heterocycles. The number of nitrogens with one attached hydrogen (secondary N) is 1. The first-order valence-electron chi connectivity index (χ1n) is 6.85. The van der Waals surface area contributed by atoms with E-state index in [1.807, 2.05) is 7.05 Å². The van der Waals surface area contributed by atoms with Crippen molar-refractivity contribution in [2.24, 2.45) is 11.3 Å². The minimum Gasteiger partial charge on any atom is -0.316 e. The van der Waals surface area contributed by atoms with Crippen molar-refractivity contribution >= 4 is 10.8 Å². The zero-order chi connectivity index (χ0) is 13.2. The summed E-state index contributed by atoms with van der Waals surface area (Å²) >= 11 is 0. The predicted molar refractivity (Wildman–Crippen MR) is 76.7 cm³/mol. The molecule has 4 unspecified atom stereocenters. The van der Waals surface area contributed by atoms with Gasteiger partial charge in [0.25, 0.3) is 0 Å². The Morgan fingerprint density at radius 2 is 1.88 bits per heavy atom. The molecule has 0 bridgehead atoms. The Morgan fingerprint density at radius 3 is 2.35 bits per heavy atom. The Hall–Kier alpha value is 0.110. The van der Waals surface area contributed by atoms with Crippen molar-refractivity contribution in [3.63, 3.8) is 0 Å². The predicted octanol–water partition coefficient (Wildman–Crippen LogP) is 2.95. The van der Waals surface area contributed by atoms with Crippen LogP contribution in [-0.4, -0.2) is 27.8 Å². The lowest BCUT2D eigenvalue weighted by molar-refractivity contribution is 0.215. The van der Waals surface area contributed by atoms with Gasteiger partial charge in [0.15, 0.2) is 0 Å². The summed E-state index contributed by atoms with van der Waals surface area (Å²) in [4.78, 5) is 0. The van der Waals surface area contributed by atoms with E-state index in [9.17, 15) is 4.21 Å². The molecule has 1 N–H and O–H groups in total. The molecule has 0 saturated heterocycles. The SMILES string of the molecule is CNC1CCC(C)(C)CC1S(=O)C(C)C(C)C. The summed E-state index contributed by atoms with van der Waals surface area (Å²) in [6, 6.07) is 0.435. The van der Waals surface area contributed by atoms with E-state index < -0.39 is 10.8 Å². The van der Waals surface area contributed by atoms with E-state index >= 15 is 0 Å². The molecular formula is C14H29NOS. The van der Waals surface area contributed by atoms with Crippen molar-refractivity contribution < 1.29 is 4.21 Å². The Morgan fingerprint density at radius 1 is 1.29 bits per heavy atom. The van der Waals surface area contributed by atoms with Crippen molar-refractivity contribution in [1.82, 2.24) is 5.32 Å². The fourth-order valence-electron chi connectivity index (χ4n) is 2.64. The number of hydrogen-bond acceptors (Lipinski definition) is 2. The second kappa shape index (κ2) is 5.83. The Labute approximate surface area is 109 Å². The van der Waals surface area contributed by atoms with Gasteiger partial charge in [0.1, 0.15) is 0 Å². The third kappa shape index (κ3) is 3.78. The molecule has 0 radical (unpaired) electrons. The summed E-state index contributed by atoms with van der Waals surface area (Å²) in [5.74, 6) is 0.498. The lowest BCUT2D eigenvalue weighted by atomic mass is 9.75. The second-order valence-corrected chi connectivity index (χ2v) is 8.62. The summed E-state index contributed by atoms with van der Waals surface area (Å²) in [5.41, 5.74) is 0.352. The van der Waals surface area contributed by atoms with Crippen LogP contribution in [0.15, 0.2) is 0 Å². The Kier molecular flexibility index (Phi) is 5.21. The third-order valence-corrected chi connectivity index (χ3v) is 6.68. The monoisotopic (exact) mass is 259 g/mol. The molecule has 1 aliphatic carbocycles. The van der Waals surface area contributed by atoms with Crippen LogP contribution in [0, 0.1) is 11.3 Å². The molecule has 0 amide bonds. The van der Waals surface area contributed by atoms with Gasteiger partial charge in [-0.2, -0.15) is 0 Å². The largest absolute Gasteiger partial charge is 0.316 e. The standard InChI is InChI=1S/C14H29NOS/c1-10(2)11(3)17(16)13-9-14(4,5)8-7-12(13)15-6/h10-13,15H,7-9H2,1-6H3. The lowest BCUT2D eigenvalue weighted by Crippen LogP contribution is -2.49. The van der Waals surface area contributed by atoms with E-state index in [4.69, 9.17) is 0 Å². The molecule has 1 fully saturated rings. The van der Waals surface area contributed by atoms with Crippen molar-refractivity contribution in [2.75, 3.05) is 7.05 Å². The van der Waals surface area contributed by atoms with Gasteiger partial charge in [0.2, 0.25) is 0 Å². The van der Waals surface area contributed by atoms with E-state index in [-0.39, 0.29) is 0 Å². The van der Waals surface area contributed by atoms with Crippen LogP contribution in [0.1, 0.15) is 53.9 Å². The maximum absolute atomic E-state index is 12.7. The van der Waals surface area contributed by atoms with Gasteiger partial charge in [0, 0.05) is 22.1 Å². The van der Waals surface area contributed by atoms with Crippen LogP contribution in [0.5, 0.6) is 0 Å². The first kappa shape index (κ1) is 15.2. The molecule has 1 saturated carbocycles. The summed E-state index contributed by atoms with van der Waals surface area (Å²) < 4.78 is 12.7. The van der Waals surface area contributed by atoms with Gasteiger partial charge in [-0.1, -0.05) is 34.6 Å². The van der Waals surface area contributed by atoms with E-state index in [0.29, 0.717) is 27.9 Å². The van der Waals surface area contributed by atoms with Crippen LogP contribution in [-0.2, 0) is 10.8 Å². The van der Waals surface area contributed by atoms with Crippen LogP contribution in [0.2, 0.25) is 0 Å². The van der Waals surface area contributed by atoms with Crippen LogP contribution < -0.4 is 5.32 Å². The van der Waals surface area contributed by atoms with E-state index in [1.54, 1.807) is 0 Å². The van der Waals surface area contributed by atoms with Gasteiger partial charge >= 0.3 is 0 Å². The molecule has 0 aromatic rings. The summed E-state index contributed by atoms with van der Waals surface area (Å²) in [6.45, 7) is 11.1. The zero-order valence-electron chi connectivity index (χ0n) is 12.2. The quantitative estimate of drug-likeness (QED) is 0.841. The van der Waals surface area contributed by atoms with Gasteiger partial charge in [-0.25, -0.2) is 0 Å². The molecule has 17 heavy (non-hydrogen) atoms. The van der Waals surface area contributed by atoms with Gasteiger partial charge in [-0.15, -0.1) is 0 Å². The smallest absolute Gasteiger partial charge is 0.0509 e. The minimum atomic E-state index is -0.720. The van der Waals surface area contributed by atoms with Crippen LogP contribution in [0.4, 0.5) is 0 Å². The van der Waals surface area contributed by atoms with E-state index in [2.05, 4.69) is 39.9 Å². The summed E-state index contributed by atoms with van der Waals surface area (Å²) in [6.07, 6.45) is 3.48. The maximum atomic E-state index is 12.7. The fourth-order valence-corrected chi connectivity index (χ4v) is 4.94. The summed E-state index contributed by atoms with van der Waals surface area (Å²) in [7, 11) is 1.29. The highest BCUT2D eigenvalue weighted by Crippen LogP contribution is 2.38. The molecule has 3 heteroatoms. The highest BCUT2D eigenvalue weighted by Gasteiger charge is 2.39. The minimum absolute atomic E-state index is 0.296. The topological polar surface area (TPSA) is 29.1 Å². The normalized spacial score (nSPS) is 32.4. The molecule has 0 aromatic heterocycles. The Bertz CT molecular complexity index is 275. The van der Waals surface area contributed by atoms with Crippen molar-refractivity contribution in [3.8, 4) is 0 Å². The molecule has 4 atom stereocenters. The lowest BCUT2D eigenvalue weighted by Gasteiger charge is -2.41. The number of hydrogen-bond donors (Lipinski definition) is 1. The fraction of sp³-hybridized carbons (Fsp3) is 1.00. The van der Waals surface area contributed by atoms with Crippen molar-refractivity contribution in [1.29, 1.82) is 0 Å². The van der Waals surface area contributed by atoms with E-state index in [0.717, 1.165) is 12.8 Å².